The maximum Gasteiger partial charge on any atom is 0.211 e. The van der Waals surface area contributed by atoms with Gasteiger partial charge in [-0.25, -0.2) is 13.1 Å². The van der Waals surface area contributed by atoms with Gasteiger partial charge in [-0.05, 0) is 38.7 Å². The van der Waals surface area contributed by atoms with Gasteiger partial charge in [-0.2, -0.15) is 0 Å². The number of aliphatic imine (C=N–C) groups is 1. The molecule has 29 heavy (non-hydrogen) atoms. The molecule has 1 aromatic rings. The van der Waals surface area contributed by atoms with E-state index in [9.17, 15) is 8.42 Å². The van der Waals surface area contributed by atoms with Crippen LogP contribution in [-0.4, -0.2) is 63.8 Å². The average Bonchev–Trinajstić information content (AvgIpc) is 2.69. The lowest BCUT2D eigenvalue weighted by Crippen LogP contribution is -2.51. The molecule has 2 atom stereocenters. The summed E-state index contributed by atoms with van der Waals surface area (Å²) in [6.07, 6.45) is 2.86. The third-order valence-electron chi connectivity index (χ3n) is 5.15. The van der Waals surface area contributed by atoms with Gasteiger partial charge in [0.25, 0.3) is 0 Å². The largest absolute Gasteiger partial charge is 0.356 e. The monoisotopic (exact) mass is 537 g/mol. The number of sulfonamides is 1. The van der Waals surface area contributed by atoms with Gasteiger partial charge in [0.05, 0.1) is 5.75 Å². The van der Waals surface area contributed by atoms with Gasteiger partial charge in [-0.1, -0.05) is 30.3 Å². The zero-order chi connectivity index (χ0) is 20.4. The summed E-state index contributed by atoms with van der Waals surface area (Å²) < 4.78 is 25.4. The molecule has 9 heteroatoms. The zero-order valence-corrected chi connectivity index (χ0v) is 20.9. The van der Waals surface area contributed by atoms with Crippen molar-refractivity contribution in [1.29, 1.82) is 0 Å². The van der Waals surface area contributed by atoms with Crippen molar-refractivity contribution in [2.75, 3.05) is 32.4 Å². The van der Waals surface area contributed by atoms with Gasteiger partial charge in [-0.3, -0.25) is 9.89 Å². The molecule has 1 aromatic carbocycles. The van der Waals surface area contributed by atoms with Crippen molar-refractivity contribution in [2.45, 2.75) is 51.7 Å². The van der Waals surface area contributed by atoms with Gasteiger partial charge in [0.15, 0.2) is 5.96 Å². The first-order chi connectivity index (χ1) is 13.4. The van der Waals surface area contributed by atoms with Crippen molar-refractivity contribution >= 4 is 40.0 Å². The Morgan fingerprint density at radius 2 is 1.97 bits per heavy atom. The second kappa shape index (κ2) is 13.4. The van der Waals surface area contributed by atoms with E-state index in [1.54, 1.807) is 14.0 Å². The van der Waals surface area contributed by atoms with Crippen molar-refractivity contribution in [2.24, 2.45) is 4.99 Å². The Morgan fingerprint density at radius 3 is 2.59 bits per heavy atom. The van der Waals surface area contributed by atoms with E-state index in [-0.39, 0.29) is 29.7 Å². The molecular weight excluding hydrogens is 501 g/mol. The number of nitrogens with zero attached hydrogens (tertiary/aromatic N) is 2. The Hall–Kier alpha value is -0.910. The van der Waals surface area contributed by atoms with Crippen LogP contribution in [0.5, 0.6) is 0 Å². The van der Waals surface area contributed by atoms with E-state index >= 15 is 0 Å². The first-order valence-corrected chi connectivity index (χ1v) is 11.8. The average molecular weight is 538 g/mol. The van der Waals surface area contributed by atoms with Crippen molar-refractivity contribution < 1.29 is 8.42 Å². The molecule has 7 nitrogen and oxygen atoms in total. The van der Waals surface area contributed by atoms with Gasteiger partial charge >= 0.3 is 0 Å². The van der Waals surface area contributed by atoms with E-state index in [0.29, 0.717) is 31.6 Å². The van der Waals surface area contributed by atoms with Crippen molar-refractivity contribution in [1.82, 2.24) is 20.3 Å². The number of benzene rings is 1. The topological polar surface area (TPSA) is 85.8 Å². The molecule has 0 aliphatic carbocycles. The molecule has 166 valence electrons. The lowest BCUT2D eigenvalue weighted by Gasteiger charge is -2.38. The minimum atomic E-state index is -3.11. The fourth-order valence-corrected chi connectivity index (χ4v) is 4.08. The summed E-state index contributed by atoms with van der Waals surface area (Å²) in [4.78, 5) is 6.83. The fraction of sp³-hybridized carbons (Fsp3) is 0.650. The van der Waals surface area contributed by atoms with Crippen LogP contribution in [0.2, 0.25) is 0 Å². The molecule has 1 aliphatic heterocycles. The number of hydrogen-bond acceptors (Lipinski definition) is 4. The number of halogens is 1. The molecule has 3 N–H and O–H groups in total. The Morgan fingerprint density at radius 1 is 1.24 bits per heavy atom. The number of hydrogen-bond donors (Lipinski definition) is 3. The van der Waals surface area contributed by atoms with E-state index < -0.39 is 10.0 Å². The van der Waals surface area contributed by atoms with E-state index in [1.807, 2.05) is 0 Å². The van der Waals surface area contributed by atoms with Gasteiger partial charge in [0.2, 0.25) is 10.0 Å². The summed E-state index contributed by atoms with van der Waals surface area (Å²) in [5, 5.41) is 6.79. The highest BCUT2D eigenvalue weighted by Crippen LogP contribution is 2.19. The quantitative estimate of drug-likeness (QED) is 0.195. The van der Waals surface area contributed by atoms with Crippen LogP contribution in [0.1, 0.15) is 38.7 Å². The number of nitrogens with one attached hydrogen (secondary N) is 3. The second-order valence-corrected chi connectivity index (χ2v) is 9.42. The van der Waals surface area contributed by atoms with E-state index in [0.717, 1.165) is 31.9 Å². The maximum absolute atomic E-state index is 11.4. The van der Waals surface area contributed by atoms with Crippen LogP contribution in [0.3, 0.4) is 0 Å². The van der Waals surface area contributed by atoms with Crippen molar-refractivity contribution in [3.8, 4) is 0 Å². The molecule has 0 aromatic heterocycles. The molecule has 0 bridgehead atoms. The summed E-state index contributed by atoms with van der Waals surface area (Å²) in [6.45, 7) is 7.09. The first kappa shape index (κ1) is 26.1. The highest BCUT2D eigenvalue weighted by Gasteiger charge is 2.25. The molecule has 1 saturated heterocycles. The maximum atomic E-state index is 11.4. The van der Waals surface area contributed by atoms with Crippen molar-refractivity contribution in [3.05, 3.63) is 35.9 Å². The summed E-state index contributed by atoms with van der Waals surface area (Å²) in [5.41, 5.74) is 1.36. The molecule has 0 amide bonds. The Kier molecular flexibility index (Phi) is 12.1. The van der Waals surface area contributed by atoms with Crippen LogP contribution in [0.4, 0.5) is 0 Å². The number of guanidine groups is 1. The molecule has 0 saturated carbocycles. The zero-order valence-electron chi connectivity index (χ0n) is 17.7. The highest BCUT2D eigenvalue weighted by molar-refractivity contribution is 14.0. The van der Waals surface area contributed by atoms with E-state index in [2.05, 4.69) is 62.5 Å². The molecule has 1 fully saturated rings. The standard InChI is InChI=1S/C20H35N5O2S.HI/c1-4-28(26,27)23-13-8-12-22-20(21-3)24-19-11-14-25(17(2)15-19)16-18-9-6-5-7-10-18;/h5-7,9-10,17,19,23H,4,8,11-16H2,1-3H3,(H2,21,22,24);1H. The third-order valence-corrected chi connectivity index (χ3v) is 6.56. The number of piperidine rings is 1. The van der Waals surface area contributed by atoms with Crippen molar-refractivity contribution in [3.63, 3.8) is 0 Å². The van der Waals surface area contributed by atoms with Crippen LogP contribution >= 0.6 is 24.0 Å². The molecule has 1 heterocycles. The van der Waals surface area contributed by atoms with Crippen LogP contribution in [0, 0.1) is 0 Å². The third kappa shape index (κ3) is 9.63. The fourth-order valence-electron chi connectivity index (χ4n) is 3.42. The molecule has 2 rings (SSSR count). The van der Waals surface area contributed by atoms with Crippen LogP contribution in [0.25, 0.3) is 0 Å². The second-order valence-electron chi connectivity index (χ2n) is 7.32. The Labute approximate surface area is 193 Å². The summed E-state index contributed by atoms with van der Waals surface area (Å²) in [5.74, 6) is 0.900. The van der Waals surface area contributed by atoms with E-state index in [4.69, 9.17) is 0 Å². The number of likely N-dealkylation sites (tertiary alicyclic amines) is 1. The predicted octanol–water partition coefficient (Wildman–Crippen LogP) is 2.15. The number of rotatable bonds is 9. The lowest BCUT2D eigenvalue weighted by atomic mass is 9.97. The van der Waals surface area contributed by atoms with Gasteiger partial charge in [-0.15, -0.1) is 24.0 Å². The minimum absolute atomic E-state index is 0. The van der Waals surface area contributed by atoms with Crippen LogP contribution in [0.15, 0.2) is 35.3 Å². The molecule has 0 spiro atoms. The SMILES string of the molecule is CCS(=O)(=O)NCCCNC(=NC)NC1CCN(Cc2ccccc2)C(C)C1.I. The van der Waals surface area contributed by atoms with Gasteiger partial charge in [0.1, 0.15) is 0 Å². The molecular formula is C20H36IN5O2S. The molecule has 0 radical (unpaired) electrons. The Balaban J connectivity index is 0.00000420. The van der Waals surface area contributed by atoms with Crippen LogP contribution < -0.4 is 15.4 Å². The Bertz CT molecular complexity index is 715. The van der Waals surface area contributed by atoms with Gasteiger partial charge < -0.3 is 10.6 Å². The highest BCUT2D eigenvalue weighted by atomic mass is 127. The summed E-state index contributed by atoms with van der Waals surface area (Å²) in [7, 11) is -1.34. The molecule has 1 aliphatic rings. The normalized spacial score (nSPS) is 20.7. The lowest BCUT2D eigenvalue weighted by molar-refractivity contribution is 0.134. The summed E-state index contributed by atoms with van der Waals surface area (Å²) in [6, 6.07) is 11.5. The van der Waals surface area contributed by atoms with E-state index in [1.165, 1.54) is 5.56 Å². The predicted molar refractivity (Wildman–Crippen MR) is 131 cm³/mol. The van der Waals surface area contributed by atoms with Gasteiger partial charge in [0, 0.05) is 45.3 Å². The van der Waals surface area contributed by atoms with Crippen LogP contribution in [-0.2, 0) is 16.6 Å². The summed E-state index contributed by atoms with van der Waals surface area (Å²) >= 11 is 0. The smallest absolute Gasteiger partial charge is 0.211 e. The molecule has 2 unspecified atom stereocenters. The first-order valence-electron chi connectivity index (χ1n) is 10.2. The minimum Gasteiger partial charge on any atom is -0.356 e.